The Hall–Kier alpha value is -0.780. The molecule has 0 aliphatic carbocycles. The van der Waals surface area contributed by atoms with Crippen LogP contribution in [0.15, 0.2) is 17.5 Å². The molecule has 2 aromatic rings. The van der Waals surface area contributed by atoms with Gasteiger partial charge in [-0.3, -0.25) is 0 Å². The van der Waals surface area contributed by atoms with Crippen molar-refractivity contribution in [1.29, 1.82) is 0 Å². The van der Waals surface area contributed by atoms with E-state index in [1.807, 2.05) is 16.7 Å². The maximum absolute atomic E-state index is 3.96. The van der Waals surface area contributed by atoms with Crippen molar-refractivity contribution in [3.63, 3.8) is 0 Å². The topological polar surface area (TPSA) is 37.8 Å². The molecule has 14 heavy (non-hydrogen) atoms. The minimum absolute atomic E-state index is 0.799. The first-order chi connectivity index (χ1) is 6.84. The molecule has 2 rings (SSSR count). The summed E-state index contributed by atoms with van der Waals surface area (Å²) >= 11 is 3.22. The van der Waals surface area contributed by atoms with Crippen molar-refractivity contribution in [3.8, 4) is 0 Å². The first-order valence-corrected chi connectivity index (χ1v) is 6.02. The maximum Gasteiger partial charge on any atom is 0.0893 e. The van der Waals surface area contributed by atoms with E-state index < -0.39 is 0 Å². The molecule has 0 amide bonds. The number of hydrogen-bond donors (Lipinski definition) is 1. The molecule has 0 saturated carbocycles. The Bertz CT molecular complexity index is 380. The van der Waals surface area contributed by atoms with E-state index >= 15 is 0 Å². The fourth-order valence-corrected chi connectivity index (χ4v) is 2.47. The molecular weight excluding hydrogens is 214 g/mol. The smallest absolute Gasteiger partial charge is 0.0893 e. The molecule has 74 valence electrons. The highest BCUT2D eigenvalue weighted by molar-refractivity contribution is 7.11. The van der Waals surface area contributed by atoms with Crippen molar-refractivity contribution >= 4 is 22.9 Å². The van der Waals surface area contributed by atoms with Gasteiger partial charge in [0, 0.05) is 28.2 Å². The molecule has 0 unspecified atom stereocenters. The van der Waals surface area contributed by atoms with E-state index in [0.29, 0.717) is 0 Å². The Morgan fingerprint density at radius 3 is 2.93 bits per heavy atom. The minimum Gasteiger partial charge on any atom is -0.306 e. The summed E-state index contributed by atoms with van der Waals surface area (Å²) in [5, 5.41) is 9.26. The summed E-state index contributed by atoms with van der Waals surface area (Å²) in [5.74, 6) is 0. The number of aromatic nitrogens is 2. The zero-order valence-electron chi connectivity index (χ0n) is 7.86. The van der Waals surface area contributed by atoms with Gasteiger partial charge in [0.1, 0.15) is 0 Å². The van der Waals surface area contributed by atoms with Gasteiger partial charge in [-0.25, -0.2) is 0 Å². The van der Waals surface area contributed by atoms with Crippen LogP contribution in [0.25, 0.3) is 0 Å². The number of nitrogens with zero attached hydrogens (tertiary/aromatic N) is 2. The number of rotatable bonds is 4. The van der Waals surface area contributed by atoms with Crippen LogP contribution in [0, 0.1) is 6.92 Å². The van der Waals surface area contributed by atoms with Gasteiger partial charge < -0.3 is 5.32 Å². The summed E-state index contributed by atoms with van der Waals surface area (Å²) in [6.45, 7) is 3.84. The minimum atomic E-state index is 0.799. The average molecular weight is 225 g/mol. The number of aryl methyl sites for hydroxylation is 1. The lowest BCUT2D eigenvalue weighted by molar-refractivity contribution is 0.684. The molecule has 3 nitrogen and oxygen atoms in total. The molecule has 0 atom stereocenters. The first kappa shape index (κ1) is 9.76. The fraction of sp³-hybridized carbons (Fsp3) is 0.333. The van der Waals surface area contributed by atoms with Crippen LogP contribution in [0.4, 0.5) is 0 Å². The molecular formula is C9H11N3S2. The molecule has 0 aliphatic rings. The van der Waals surface area contributed by atoms with Gasteiger partial charge in [-0.15, -0.1) is 16.4 Å². The predicted octanol–water partition coefficient (Wildman–Crippen LogP) is 2.20. The first-order valence-electron chi connectivity index (χ1n) is 4.36. The Labute approximate surface area is 91.0 Å². The highest BCUT2D eigenvalue weighted by Crippen LogP contribution is 2.14. The second-order valence-electron chi connectivity index (χ2n) is 3.01. The summed E-state index contributed by atoms with van der Waals surface area (Å²) in [5.41, 5.74) is 1.02. The number of hydrogen-bond acceptors (Lipinski definition) is 5. The zero-order valence-corrected chi connectivity index (χ0v) is 9.49. The lowest BCUT2D eigenvalue weighted by Gasteiger charge is -1.98. The van der Waals surface area contributed by atoms with Crippen LogP contribution in [0.5, 0.6) is 0 Å². The van der Waals surface area contributed by atoms with Gasteiger partial charge in [0.25, 0.3) is 0 Å². The van der Waals surface area contributed by atoms with Gasteiger partial charge in [-0.2, -0.15) is 0 Å². The second-order valence-corrected chi connectivity index (χ2v) is 4.99. The summed E-state index contributed by atoms with van der Waals surface area (Å²) in [6.07, 6.45) is 0. The normalized spacial score (nSPS) is 10.6. The van der Waals surface area contributed by atoms with Crippen LogP contribution < -0.4 is 5.32 Å². The maximum atomic E-state index is 3.96. The lowest BCUT2D eigenvalue weighted by atomic mass is 10.4. The van der Waals surface area contributed by atoms with Crippen LogP contribution in [0.2, 0.25) is 0 Å². The van der Waals surface area contributed by atoms with Crippen LogP contribution in [-0.4, -0.2) is 9.59 Å². The van der Waals surface area contributed by atoms with Gasteiger partial charge in [0.15, 0.2) is 0 Å². The number of thiophene rings is 1. The third-order valence-corrected chi connectivity index (χ3v) is 3.36. The van der Waals surface area contributed by atoms with Crippen molar-refractivity contribution in [2.75, 3.05) is 0 Å². The summed E-state index contributed by atoms with van der Waals surface area (Å²) < 4.78 is 3.81. The van der Waals surface area contributed by atoms with E-state index in [4.69, 9.17) is 0 Å². The van der Waals surface area contributed by atoms with Crippen LogP contribution >= 0.6 is 22.9 Å². The summed E-state index contributed by atoms with van der Waals surface area (Å²) in [4.78, 5) is 2.72. The highest BCUT2D eigenvalue weighted by atomic mass is 32.1. The third kappa shape index (κ3) is 2.60. The van der Waals surface area contributed by atoms with Crippen molar-refractivity contribution < 1.29 is 0 Å². The Morgan fingerprint density at radius 1 is 1.36 bits per heavy atom. The van der Waals surface area contributed by atoms with Gasteiger partial charge in [-0.05, 0) is 30.6 Å². The molecule has 1 N–H and O–H groups in total. The van der Waals surface area contributed by atoms with Gasteiger partial charge in [-0.1, -0.05) is 4.49 Å². The van der Waals surface area contributed by atoms with E-state index in [-0.39, 0.29) is 0 Å². The SMILES string of the molecule is Cc1ccc(CNCc2csnn2)s1. The van der Waals surface area contributed by atoms with Crippen molar-refractivity contribution in [3.05, 3.63) is 33.0 Å². The molecule has 0 bridgehead atoms. The standard InChI is InChI=1S/C9H11N3S2/c1-7-2-3-9(14-7)5-10-4-8-6-13-12-11-8/h2-3,6,10H,4-5H2,1H3. The van der Waals surface area contributed by atoms with Crippen LogP contribution in [-0.2, 0) is 13.1 Å². The molecule has 0 aromatic carbocycles. The van der Waals surface area contributed by atoms with E-state index in [1.54, 1.807) is 0 Å². The van der Waals surface area contributed by atoms with Gasteiger partial charge in [0.2, 0.25) is 0 Å². The van der Waals surface area contributed by atoms with E-state index in [9.17, 15) is 0 Å². The second kappa shape index (κ2) is 4.63. The van der Waals surface area contributed by atoms with E-state index in [1.165, 1.54) is 21.3 Å². The van der Waals surface area contributed by atoms with Crippen LogP contribution in [0.3, 0.4) is 0 Å². The van der Waals surface area contributed by atoms with Crippen molar-refractivity contribution in [2.45, 2.75) is 20.0 Å². The molecule has 5 heteroatoms. The van der Waals surface area contributed by atoms with Gasteiger partial charge >= 0.3 is 0 Å². The summed E-state index contributed by atoms with van der Waals surface area (Å²) in [7, 11) is 0. The van der Waals surface area contributed by atoms with Crippen molar-refractivity contribution in [1.82, 2.24) is 14.9 Å². The molecule has 0 saturated heterocycles. The molecule has 0 aliphatic heterocycles. The largest absolute Gasteiger partial charge is 0.306 e. The Kier molecular flexibility index (Phi) is 3.23. The average Bonchev–Trinajstić information content (AvgIpc) is 2.77. The molecule has 0 radical (unpaired) electrons. The Morgan fingerprint density at radius 2 is 2.29 bits per heavy atom. The number of nitrogens with one attached hydrogen (secondary N) is 1. The predicted molar refractivity (Wildman–Crippen MR) is 59.5 cm³/mol. The molecule has 2 heterocycles. The highest BCUT2D eigenvalue weighted by Gasteiger charge is 1.98. The molecule has 0 fully saturated rings. The monoisotopic (exact) mass is 225 g/mol. The summed E-state index contributed by atoms with van der Waals surface area (Å²) in [6, 6.07) is 4.30. The third-order valence-electron chi connectivity index (χ3n) is 1.81. The zero-order chi connectivity index (χ0) is 9.80. The Balaban J connectivity index is 1.78. The fourth-order valence-electron chi connectivity index (χ4n) is 1.15. The van der Waals surface area contributed by atoms with E-state index in [2.05, 4.69) is 34.0 Å². The van der Waals surface area contributed by atoms with Gasteiger partial charge in [0.05, 0.1) is 5.69 Å². The van der Waals surface area contributed by atoms with E-state index in [0.717, 1.165) is 18.8 Å². The molecule has 2 aromatic heterocycles. The lowest BCUT2D eigenvalue weighted by Crippen LogP contribution is -2.11. The van der Waals surface area contributed by atoms with Crippen LogP contribution in [0.1, 0.15) is 15.4 Å². The quantitative estimate of drug-likeness (QED) is 0.867. The van der Waals surface area contributed by atoms with Crippen molar-refractivity contribution in [2.24, 2.45) is 0 Å². The molecule has 0 spiro atoms.